The number of carbonyl (C=O) groups excluding carboxylic acids is 1. The Kier molecular flexibility index (Phi) is 8.83. The number of aromatic nitrogens is 2. The Morgan fingerprint density at radius 1 is 1.06 bits per heavy atom. The first-order valence-electron chi connectivity index (χ1n) is 11.7. The zero-order chi connectivity index (χ0) is 22.1. The first-order valence-corrected chi connectivity index (χ1v) is 11.7. The van der Waals surface area contributed by atoms with Crippen LogP contribution in [0.3, 0.4) is 0 Å². The van der Waals surface area contributed by atoms with Crippen LogP contribution in [0.2, 0.25) is 0 Å². The number of fused-ring (bicyclic) bond motifs is 1. The molecular formula is C25H36N4O2. The summed E-state index contributed by atoms with van der Waals surface area (Å²) in [6.07, 6.45) is 5.43. The molecule has 1 unspecified atom stereocenters. The predicted molar refractivity (Wildman–Crippen MR) is 124 cm³/mol. The molecule has 1 amide bonds. The third-order valence-corrected chi connectivity index (χ3v) is 5.93. The van der Waals surface area contributed by atoms with Crippen LogP contribution in [0.25, 0.3) is 11.4 Å². The molecule has 1 atom stereocenters. The summed E-state index contributed by atoms with van der Waals surface area (Å²) in [4.78, 5) is 24.8. The molecule has 0 saturated carbocycles. The summed E-state index contributed by atoms with van der Waals surface area (Å²) in [5.41, 5.74) is 3.04. The predicted octanol–water partition coefficient (Wildman–Crippen LogP) is 3.89. The molecule has 0 aliphatic heterocycles. The van der Waals surface area contributed by atoms with Gasteiger partial charge in [0.05, 0.1) is 12.8 Å². The van der Waals surface area contributed by atoms with Crippen molar-refractivity contribution in [3.63, 3.8) is 0 Å². The Bertz CT molecular complexity index is 835. The second-order valence-corrected chi connectivity index (χ2v) is 8.25. The number of methoxy groups -OCH3 is 1. The van der Waals surface area contributed by atoms with Crippen LogP contribution in [0.5, 0.6) is 5.88 Å². The lowest BCUT2D eigenvalue weighted by atomic mass is 9.99. The van der Waals surface area contributed by atoms with Crippen molar-refractivity contribution in [1.82, 2.24) is 20.2 Å². The summed E-state index contributed by atoms with van der Waals surface area (Å²) in [6.45, 7) is 8.20. The Balaban J connectivity index is 1.63. The summed E-state index contributed by atoms with van der Waals surface area (Å²) in [5.74, 6) is 1.49. The van der Waals surface area contributed by atoms with E-state index in [0.29, 0.717) is 18.2 Å². The summed E-state index contributed by atoms with van der Waals surface area (Å²) in [6, 6.07) is 9.97. The van der Waals surface area contributed by atoms with Crippen LogP contribution in [0.1, 0.15) is 50.8 Å². The molecule has 0 bridgehead atoms. The standard InChI is InChI=1S/C25H36N4O2/c1-4-16-29(17-5-2)18-15-26-24(30)20-11-13-21-22(14-12-20)27-23(28-25(21)31-3)19-9-7-6-8-10-19/h6-10,20H,4-5,11-18H2,1-3H3,(H,26,30). The molecule has 6 heteroatoms. The van der Waals surface area contributed by atoms with E-state index >= 15 is 0 Å². The quantitative estimate of drug-likeness (QED) is 0.586. The average Bonchev–Trinajstić information content (AvgIpc) is 3.02. The number of amides is 1. The van der Waals surface area contributed by atoms with Gasteiger partial charge in [0.1, 0.15) is 0 Å². The van der Waals surface area contributed by atoms with Gasteiger partial charge in [0.15, 0.2) is 5.82 Å². The van der Waals surface area contributed by atoms with Crippen molar-refractivity contribution in [2.24, 2.45) is 5.92 Å². The zero-order valence-corrected chi connectivity index (χ0v) is 19.2. The van der Waals surface area contributed by atoms with Crippen LogP contribution >= 0.6 is 0 Å². The van der Waals surface area contributed by atoms with Gasteiger partial charge in [0.25, 0.3) is 0 Å². The van der Waals surface area contributed by atoms with Crippen molar-refractivity contribution in [1.29, 1.82) is 0 Å². The van der Waals surface area contributed by atoms with Crippen molar-refractivity contribution >= 4 is 5.91 Å². The maximum atomic E-state index is 12.8. The second kappa shape index (κ2) is 11.8. The molecule has 1 aromatic carbocycles. The molecule has 3 rings (SSSR count). The second-order valence-electron chi connectivity index (χ2n) is 8.25. The van der Waals surface area contributed by atoms with Crippen molar-refractivity contribution in [3.8, 4) is 17.3 Å². The third-order valence-electron chi connectivity index (χ3n) is 5.93. The maximum absolute atomic E-state index is 12.8. The number of nitrogens with one attached hydrogen (secondary N) is 1. The van der Waals surface area contributed by atoms with E-state index in [1.54, 1.807) is 7.11 Å². The Morgan fingerprint density at radius 3 is 2.45 bits per heavy atom. The highest BCUT2D eigenvalue weighted by Gasteiger charge is 2.26. The largest absolute Gasteiger partial charge is 0.481 e. The van der Waals surface area contributed by atoms with E-state index in [2.05, 4.69) is 29.0 Å². The summed E-state index contributed by atoms with van der Waals surface area (Å²) < 4.78 is 5.61. The van der Waals surface area contributed by atoms with Gasteiger partial charge in [-0.2, -0.15) is 4.98 Å². The highest BCUT2D eigenvalue weighted by molar-refractivity contribution is 5.78. The number of hydrogen-bond donors (Lipinski definition) is 1. The van der Waals surface area contributed by atoms with Crippen molar-refractivity contribution in [2.75, 3.05) is 33.3 Å². The molecule has 1 aliphatic carbocycles. The highest BCUT2D eigenvalue weighted by atomic mass is 16.5. The molecule has 1 N–H and O–H groups in total. The number of rotatable bonds is 10. The molecule has 1 aromatic heterocycles. The van der Waals surface area contributed by atoms with Gasteiger partial charge < -0.3 is 15.0 Å². The van der Waals surface area contributed by atoms with Crippen LogP contribution < -0.4 is 10.1 Å². The molecule has 31 heavy (non-hydrogen) atoms. The first-order chi connectivity index (χ1) is 15.2. The molecule has 1 aliphatic rings. The maximum Gasteiger partial charge on any atom is 0.223 e. The number of ether oxygens (including phenoxy) is 1. The monoisotopic (exact) mass is 424 g/mol. The van der Waals surface area contributed by atoms with E-state index in [-0.39, 0.29) is 11.8 Å². The minimum absolute atomic E-state index is 0.00452. The van der Waals surface area contributed by atoms with Gasteiger partial charge in [-0.15, -0.1) is 0 Å². The van der Waals surface area contributed by atoms with E-state index in [1.807, 2.05) is 30.3 Å². The normalized spacial score (nSPS) is 15.9. The van der Waals surface area contributed by atoms with E-state index < -0.39 is 0 Å². The highest BCUT2D eigenvalue weighted by Crippen LogP contribution is 2.31. The number of nitrogens with zero attached hydrogens (tertiary/aromatic N) is 3. The lowest BCUT2D eigenvalue weighted by molar-refractivity contribution is -0.125. The van der Waals surface area contributed by atoms with Gasteiger partial charge >= 0.3 is 0 Å². The van der Waals surface area contributed by atoms with Crippen molar-refractivity contribution in [3.05, 3.63) is 41.6 Å². The Hall–Kier alpha value is -2.47. The molecule has 0 spiro atoms. The van der Waals surface area contributed by atoms with Crippen molar-refractivity contribution < 1.29 is 9.53 Å². The lowest BCUT2D eigenvalue weighted by Gasteiger charge is -2.22. The van der Waals surface area contributed by atoms with Gasteiger partial charge in [-0.05, 0) is 51.6 Å². The topological polar surface area (TPSA) is 67.4 Å². The molecule has 0 saturated heterocycles. The fourth-order valence-corrected chi connectivity index (χ4v) is 4.34. The van der Waals surface area contributed by atoms with Crippen LogP contribution in [-0.2, 0) is 17.6 Å². The first kappa shape index (κ1) is 23.2. The fourth-order valence-electron chi connectivity index (χ4n) is 4.34. The van der Waals surface area contributed by atoms with E-state index in [4.69, 9.17) is 9.72 Å². The Morgan fingerprint density at radius 2 is 1.77 bits per heavy atom. The number of benzene rings is 1. The molecular weight excluding hydrogens is 388 g/mol. The van der Waals surface area contributed by atoms with Crippen LogP contribution in [-0.4, -0.2) is 54.1 Å². The number of carbonyl (C=O) groups is 1. The van der Waals surface area contributed by atoms with Gasteiger partial charge in [0, 0.05) is 30.1 Å². The zero-order valence-electron chi connectivity index (χ0n) is 19.2. The SMILES string of the molecule is CCCN(CCC)CCNC(=O)C1CCc2nc(-c3ccccc3)nc(OC)c2CC1. The van der Waals surface area contributed by atoms with Gasteiger partial charge in [-0.3, -0.25) is 4.79 Å². The Labute approximate surface area is 186 Å². The molecule has 0 fully saturated rings. The van der Waals surface area contributed by atoms with Gasteiger partial charge in [0.2, 0.25) is 11.8 Å². The molecule has 0 radical (unpaired) electrons. The van der Waals surface area contributed by atoms with E-state index in [0.717, 1.165) is 75.0 Å². The molecule has 6 nitrogen and oxygen atoms in total. The summed E-state index contributed by atoms with van der Waals surface area (Å²) in [5, 5.41) is 3.17. The summed E-state index contributed by atoms with van der Waals surface area (Å²) >= 11 is 0. The summed E-state index contributed by atoms with van der Waals surface area (Å²) in [7, 11) is 1.66. The average molecular weight is 425 g/mol. The van der Waals surface area contributed by atoms with Crippen LogP contribution in [0, 0.1) is 5.92 Å². The van der Waals surface area contributed by atoms with Gasteiger partial charge in [-0.25, -0.2) is 4.98 Å². The van der Waals surface area contributed by atoms with Crippen molar-refractivity contribution in [2.45, 2.75) is 52.4 Å². The van der Waals surface area contributed by atoms with Gasteiger partial charge in [-0.1, -0.05) is 44.2 Å². The van der Waals surface area contributed by atoms with E-state index in [9.17, 15) is 4.79 Å². The third kappa shape index (κ3) is 6.26. The minimum atomic E-state index is 0.00452. The minimum Gasteiger partial charge on any atom is -0.481 e. The van der Waals surface area contributed by atoms with Crippen LogP contribution in [0.4, 0.5) is 0 Å². The molecule has 168 valence electrons. The molecule has 1 heterocycles. The van der Waals surface area contributed by atoms with Crippen LogP contribution in [0.15, 0.2) is 30.3 Å². The smallest absolute Gasteiger partial charge is 0.223 e. The number of hydrogen-bond acceptors (Lipinski definition) is 5. The molecule has 2 aromatic rings. The van der Waals surface area contributed by atoms with E-state index in [1.165, 1.54) is 0 Å². The lowest BCUT2D eigenvalue weighted by Crippen LogP contribution is -2.38. The fraction of sp³-hybridized carbons (Fsp3) is 0.560. The number of aryl methyl sites for hydroxylation is 1.